The molecule has 5 rings (SSSR count). The van der Waals surface area contributed by atoms with Gasteiger partial charge in [-0.2, -0.15) is 14.1 Å². The number of hydrogen-bond acceptors (Lipinski definition) is 7. The number of carbonyl (C=O) groups excluding carboxylic acids is 2. The number of halogens is 3. The predicted molar refractivity (Wildman–Crippen MR) is 127 cm³/mol. The van der Waals surface area contributed by atoms with Crippen LogP contribution in [0.15, 0.2) is 41.4 Å². The van der Waals surface area contributed by atoms with Crippen molar-refractivity contribution in [1.29, 1.82) is 0 Å². The van der Waals surface area contributed by atoms with E-state index in [4.69, 9.17) is 4.74 Å². The summed E-state index contributed by atoms with van der Waals surface area (Å²) < 4.78 is 73.9. The third kappa shape index (κ3) is 4.32. The summed E-state index contributed by atoms with van der Waals surface area (Å²) in [6.07, 6.45) is 2.28. The molecule has 2 aromatic carbocycles. The number of alkyl halides is 1. The van der Waals surface area contributed by atoms with E-state index >= 15 is 0 Å². The average molecular weight is 550 g/mol. The molecule has 1 saturated heterocycles. The smallest absolute Gasteiger partial charge is 0.319 e. The van der Waals surface area contributed by atoms with Crippen molar-refractivity contribution < 1.29 is 35.9 Å². The monoisotopic (exact) mass is 549 g/mol. The number of carbonyl (C=O) groups is 2. The van der Waals surface area contributed by atoms with Crippen molar-refractivity contribution >= 4 is 27.4 Å². The first-order valence-electron chi connectivity index (χ1n) is 11.7. The lowest BCUT2D eigenvalue weighted by Crippen LogP contribution is -2.39. The maximum absolute atomic E-state index is 14.0. The minimum atomic E-state index is -4.15. The van der Waals surface area contributed by atoms with Gasteiger partial charge in [-0.25, -0.2) is 17.2 Å². The molecule has 1 amide bonds. The van der Waals surface area contributed by atoms with Crippen LogP contribution in [0.4, 0.5) is 18.9 Å². The van der Waals surface area contributed by atoms with Crippen LogP contribution in [0.1, 0.15) is 34.5 Å². The van der Waals surface area contributed by atoms with E-state index in [0.717, 1.165) is 21.9 Å². The van der Waals surface area contributed by atoms with Crippen LogP contribution >= 0.6 is 0 Å². The third-order valence-electron chi connectivity index (χ3n) is 6.55. The van der Waals surface area contributed by atoms with Crippen molar-refractivity contribution in [2.45, 2.75) is 37.1 Å². The Balaban J connectivity index is 1.43. The molecule has 0 aliphatic carbocycles. The van der Waals surface area contributed by atoms with Crippen molar-refractivity contribution in [2.24, 2.45) is 0 Å². The number of aromatic nitrogens is 3. The van der Waals surface area contributed by atoms with Gasteiger partial charge in [0.2, 0.25) is 10.0 Å². The molecule has 2 aliphatic heterocycles. The van der Waals surface area contributed by atoms with Crippen molar-refractivity contribution in [3.05, 3.63) is 65.0 Å². The van der Waals surface area contributed by atoms with Gasteiger partial charge in [0.05, 0.1) is 40.8 Å². The Hall–Kier alpha value is -3.78. The second-order valence-electron chi connectivity index (χ2n) is 8.90. The lowest BCUT2D eigenvalue weighted by Gasteiger charge is -2.25. The van der Waals surface area contributed by atoms with Gasteiger partial charge >= 0.3 is 5.91 Å². The van der Waals surface area contributed by atoms with E-state index in [1.165, 1.54) is 29.6 Å². The number of ketones is 1. The highest BCUT2D eigenvalue weighted by Crippen LogP contribution is 2.37. The zero-order chi connectivity index (χ0) is 27.2. The molecule has 1 atom stereocenters. The number of hydrogen-bond donors (Lipinski definition) is 0. The second-order valence-corrected chi connectivity index (χ2v) is 10.8. The number of sulfonamides is 1. The van der Waals surface area contributed by atoms with Gasteiger partial charge in [-0.15, -0.1) is 5.10 Å². The molecule has 0 spiro atoms. The highest BCUT2D eigenvalue weighted by Gasteiger charge is 2.43. The number of benzene rings is 2. The van der Waals surface area contributed by atoms with Crippen molar-refractivity contribution in [1.82, 2.24) is 19.4 Å². The fourth-order valence-corrected chi connectivity index (χ4v) is 6.64. The summed E-state index contributed by atoms with van der Waals surface area (Å²) in [7, 11) is -4.15. The first-order valence-corrected chi connectivity index (χ1v) is 13.2. The van der Waals surface area contributed by atoms with E-state index in [-0.39, 0.29) is 52.7 Å². The standard InChI is InChI=1S/C24H22F3N5O5S/c1-14-21(7-5-19-22(14)23(33)24(34)32(19)31-12-16(8-9-25)28-29-31)38(35,36)30-10-2-3-17(30)13-37-20-6-4-15(26)11-18(20)27/h4-7,11-12,17H,2-3,8-10,13H2,1H3/t17-/m0/s1. The maximum atomic E-state index is 14.0. The Labute approximate surface area is 215 Å². The summed E-state index contributed by atoms with van der Waals surface area (Å²) in [6.45, 7) is 0.772. The number of nitrogens with zero attached hydrogens (tertiary/aromatic N) is 5. The minimum Gasteiger partial charge on any atom is -0.489 e. The minimum absolute atomic E-state index is 0.0203. The van der Waals surface area contributed by atoms with Crippen LogP contribution in [0.25, 0.3) is 0 Å². The number of Topliss-reactive ketones (excluding diaryl/α,β-unsaturated/α-hetero) is 1. The number of rotatable bonds is 8. The lowest BCUT2D eigenvalue weighted by molar-refractivity contribution is -0.115. The molecule has 14 heteroatoms. The highest BCUT2D eigenvalue weighted by atomic mass is 32.2. The molecule has 0 radical (unpaired) electrons. The van der Waals surface area contributed by atoms with Gasteiger partial charge in [0, 0.05) is 19.0 Å². The topological polar surface area (TPSA) is 115 Å². The number of ether oxygens (including phenoxy) is 1. The molecule has 0 unspecified atom stereocenters. The van der Waals surface area contributed by atoms with Crippen LogP contribution in [0, 0.1) is 18.6 Å². The third-order valence-corrected chi connectivity index (χ3v) is 8.65. The van der Waals surface area contributed by atoms with Crippen molar-refractivity contribution in [2.75, 3.05) is 24.8 Å². The quantitative estimate of drug-likeness (QED) is 0.397. The zero-order valence-corrected chi connectivity index (χ0v) is 20.9. The van der Waals surface area contributed by atoms with E-state index in [2.05, 4.69) is 10.3 Å². The van der Waals surface area contributed by atoms with Gasteiger partial charge in [0.1, 0.15) is 12.4 Å². The van der Waals surface area contributed by atoms with Gasteiger partial charge in [0.15, 0.2) is 11.6 Å². The Morgan fingerprint density at radius 2 is 1.95 bits per heavy atom. The Bertz CT molecular complexity index is 1540. The SMILES string of the molecule is Cc1c(S(=O)(=O)N2CCC[C@H]2COc2ccc(F)cc2F)ccc2c1C(=O)C(=O)N2n1cc(CCF)nn1. The van der Waals surface area contributed by atoms with Crippen LogP contribution in [0.2, 0.25) is 0 Å². The Morgan fingerprint density at radius 3 is 2.68 bits per heavy atom. The molecule has 3 heterocycles. The first kappa shape index (κ1) is 25.9. The molecule has 1 aromatic heterocycles. The van der Waals surface area contributed by atoms with Crippen LogP contribution < -0.4 is 9.75 Å². The zero-order valence-electron chi connectivity index (χ0n) is 20.1. The van der Waals surface area contributed by atoms with Gasteiger partial charge in [-0.1, -0.05) is 0 Å². The first-order chi connectivity index (χ1) is 18.1. The summed E-state index contributed by atoms with van der Waals surface area (Å²) in [5.41, 5.74) is 0.406. The van der Waals surface area contributed by atoms with E-state index < -0.39 is 46.1 Å². The molecular formula is C24H22F3N5O5S. The van der Waals surface area contributed by atoms with Crippen molar-refractivity contribution in [3.8, 4) is 5.75 Å². The number of fused-ring (bicyclic) bond motifs is 1. The van der Waals surface area contributed by atoms with Crippen LogP contribution in [-0.4, -0.2) is 65.4 Å². The molecular weight excluding hydrogens is 527 g/mol. The summed E-state index contributed by atoms with van der Waals surface area (Å²) >= 11 is 0. The summed E-state index contributed by atoms with van der Waals surface area (Å²) in [4.78, 5) is 26.6. The van der Waals surface area contributed by atoms with E-state index in [9.17, 15) is 31.2 Å². The molecule has 200 valence electrons. The van der Waals surface area contributed by atoms with E-state index in [0.29, 0.717) is 18.9 Å². The molecule has 0 bridgehead atoms. The van der Waals surface area contributed by atoms with E-state index in [1.54, 1.807) is 0 Å². The highest BCUT2D eigenvalue weighted by molar-refractivity contribution is 7.89. The lowest BCUT2D eigenvalue weighted by atomic mass is 10.1. The van der Waals surface area contributed by atoms with Gasteiger partial charge < -0.3 is 4.74 Å². The van der Waals surface area contributed by atoms with E-state index in [1.807, 2.05) is 0 Å². The molecule has 0 saturated carbocycles. The number of amides is 1. The summed E-state index contributed by atoms with van der Waals surface area (Å²) in [6, 6.07) is 4.86. The summed E-state index contributed by atoms with van der Waals surface area (Å²) in [5.74, 6) is -3.73. The van der Waals surface area contributed by atoms with Crippen LogP contribution in [0.5, 0.6) is 5.75 Å². The van der Waals surface area contributed by atoms with Gasteiger partial charge in [0.25, 0.3) is 5.78 Å². The number of anilines is 1. The molecule has 3 aromatic rings. The predicted octanol–water partition coefficient (Wildman–Crippen LogP) is 2.60. The van der Waals surface area contributed by atoms with Crippen LogP contribution in [0.3, 0.4) is 0 Å². The molecule has 2 aliphatic rings. The molecule has 38 heavy (non-hydrogen) atoms. The molecule has 0 N–H and O–H groups in total. The summed E-state index contributed by atoms with van der Waals surface area (Å²) in [5, 5.41) is 8.54. The van der Waals surface area contributed by atoms with Crippen LogP contribution in [-0.2, 0) is 21.2 Å². The second kappa shape index (κ2) is 9.83. The van der Waals surface area contributed by atoms with Crippen molar-refractivity contribution in [3.63, 3.8) is 0 Å². The molecule has 1 fully saturated rings. The maximum Gasteiger partial charge on any atom is 0.319 e. The largest absolute Gasteiger partial charge is 0.489 e. The normalized spacial score (nSPS) is 17.9. The van der Waals surface area contributed by atoms with Gasteiger partial charge in [-0.05, 0) is 54.8 Å². The average Bonchev–Trinajstić information content (AvgIpc) is 3.58. The van der Waals surface area contributed by atoms with Gasteiger partial charge in [-0.3, -0.25) is 14.0 Å². The molecule has 10 nitrogen and oxygen atoms in total. The number of aryl methyl sites for hydroxylation is 1. The fraction of sp³-hybridized carbons (Fsp3) is 0.333. The Morgan fingerprint density at radius 1 is 1.16 bits per heavy atom. The fourth-order valence-electron chi connectivity index (χ4n) is 4.73. The Kier molecular flexibility index (Phi) is 6.69.